The van der Waals surface area contributed by atoms with E-state index in [1.807, 2.05) is 0 Å². The van der Waals surface area contributed by atoms with E-state index in [0.717, 1.165) is 0 Å². The average molecular weight is 397 g/mol. The minimum Gasteiger partial charge on any atom is -0.365 e. The van der Waals surface area contributed by atoms with Crippen LogP contribution < -0.4 is 5.48 Å². The van der Waals surface area contributed by atoms with Gasteiger partial charge in [0.05, 0.1) is 11.9 Å². The minimum atomic E-state index is -3.44. The lowest BCUT2D eigenvalue weighted by molar-refractivity contribution is 0.0407. The SMILES string of the molecule is CC#CCOC1CCN(S(=O)(=O)C[C@@H](CCCc2ncccn2)NO)CC1. The van der Waals surface area contributed by atoms with Crippen LogP contribution in [0, 0.1) is 11.8 Å². The Bertz CT molecular complexity index is 710. The van der Waals surface area contributed by atoms with E-state index < -0.39 is 16.1 Å². The number of hydrogen-bond acceptors (Lipinski definition) is 7. The van der Waals surface area contributed by atoms with Crippen LogP contribution in [0.15, 0.2) is 18.5 Å². The Kier molecular flexibility index (Phi) is 9.10. The highest BCUT2D eigenvalue weighted by molar-refractivity contribution is 7.89. The number of nitrogens with one attached hydrogen (secondary N) is 1. The largest absolute Gasteiger partial charge is 0.365 e. The molecule has 1 saturated heterocycles. The summed E-state index contributed by atoms with van der Waals surface area (Å²) in [5, 5.41) is 9.35. The quantitative estimate of drug-likeness (QED) is 0.449. The number of ether oxygens (including phenoxy) is 1. The second kappa shape index (κ2) is 11.3. The monoisotopic (exact) mass is 396 g/mol. The summed E-state index contributed by atoms with van der Waals surface area (Å²) in [7, 11) is -3.44. The third-order valence-electron chi connectivity index (χ3n) is 4.53. The molecule has 150 valence electrons. The molecular formula is C18H28N4O4S. The lowest BCUT2D eigenvalue weighted by atomic mass is 10.1. The first-order valence-electron chi connectivity index (χ1n) is 9.19. The van der Waals surface area contributed by atoms with E-state index in [1.165, 1.54) is 4.31 Å². The van der Waals surface area contributed by atoms with Crippen molar-refractivity contribution >= 4 is 10.0 Å². The molecule has 1 aromatic rings. The van der Waals surface area contributed by atoms with Crippen molar-refractivity contribution in [1.29, 1.82) is 0 Å². The molecule has 0 bridgehead atoms. The summed E-state index contributed by atoms with van der Waals surface area (Å²) >= 11 is 0. The van der Waals surface area contributed by atoms with Gasteiger partial charge in [0.1, 0.15) is 12.4 Å². The van der Waals surface area contributed by atoms with Gasteiger partial charge in [0, 0.05) is 37.9 Å². The fraction of sp³-hybridized carbons (Fsp3) is 0.667. The maximum atomic E-state index is 12.6. The molecule has 27 heavy (non-hydrogen) atoms. The average Bonchev–Trinajstić information content (AvgIpc) is 2.68. The molecular weight excluding hydrogens is 368 g/mol. The van der Waals surface area contributed by atoms with E-state index in [2.05, 4.69) is 27.3 Å². The van der Waals surface area contributed by atoms with Crippen LogP contribution in [-0.4, -0.2) is 65.5 Å². The van der Waals surface area contributed by atoms with Crippen molar-refractivity contribution in [2.24, 2.45) is 0 Å². The Morgan fingerprint density at radius 1 is 1.37 bits per heavy atom. The predicted molar refractivity (Wildman–Crippen MR) is 101 cm³/mol. The van der Waals surface area contributed by atoms with E-state index in [9.17, 15) is 13.6 Å². The Balaban J connectivity index is 1.76. The summed E-state index contributed by atoms with van der Waals surface area (Å²) in [5.41, 5.74) is 2.14. The molecule has 1 fully saturated rings. The van der Waals surface area contributed by atoms with E-state index in [1.54, 1.807) is 25.4 Å². The number of sulfonamides is 1. The summed E-state index contributed by atoms with van der Waals surface area (Å²) < 4.78 is 32.4. The highest BCUT2D eigenvalue weighted by Gasteiger charge is 2.30. The number of piperidine rings is 1. The van der Waals surface area contributed by atoms with Crippen LogP contribution in [0.25, 0.3) is 0 Å². The molecule has 0 aromatic carbocycles. The van der Waals surface area contributed by atoms with Crippen LogP contribution in [0.5, 0.6) is 0 Å². The summed E-state index contributed by atoms with van der Waals surface area (Å²) in [6, 6.07) is 1.23. The Morgan fingerprint density at radius 2 is 2.07 bits per heavy atom. The molecule has 1 aliphatic rings. The number of rotatable bonds is 10. The number of aromatic nitrogens is 2. The number of hydroxylamine groups is 1. The second-order valence-electron chi connectivity index (χ2n) is 6.50. The van der Waals surface area contributed by atoms with E-state index in [0.29, 0.717) is 57.6 Å². The van der Waals surface area contributed by atoms with E-state index in [4.69, 9.17) is 4.74 Å². The number of hydrogen-bond donors (Lipinski definition) is 2. The maximum Gasteiger partial charge on any atom is 0.215 e. The van der Waals surface area contributed by atoms with Crippen molar-refractivity contribution < 1.29 is 18.4 Å². The molecule has 2 rings (SSSR count). The minimum absolute atomic E-state index is 0.0509. The molecule has 1 aliphatic heterocycles. The highest BCUT2D eigenvalue weighted by Crippen LogP contribution is 2.18. The summed E-state index contributed by atoms with van der Waals surface area (Å²) in [6.07, 6.45) is 6.57. The molecule has 0 unspecified atom stereocenters. The maximum absolute atomic E-state index is 12.6. The van der Waals surface area contributed by atoms with Crippen molar-refractivity contribution in [1.82, 2.24) is 19.8 Å². The molecule has 0 spiro atoms. The van der Waals surface area contributed by atoms with Crippen molar-refractivity contribution in [3.8, 4) is 11.8 Å². The Labute approximate surface area is 161 Å². The zero-order valence-corrected chi connectivity index (χ0v) is 16.5. The van der Waals surface area contributed by atoms with Gasteiger partial charge in [-0.15, -0.1) is 5.92 Å². The van der Waals surface area contributed by atoms with Crippen LogP contribution in [-0.2, 0) is 21.2 Å². The lowest BCUT2D eigenvalue weighted by Gasteiger charge is -2.31. The molecule has 0 saturated carbocycles. The normalized spacial score (nSPS) is 17.3. The molecule has 2 N–H and O–H groups in total. The van der Waals surface area contributed by atoms with Gasteiger partial charge in [-0.3, -0.25) is 0 Å². The first-order chi connectivity index (χ1) is 13.0. The first-order valence-corrected chi connectivity index (χ1v) is 10.8. The van der Waals surface area contributed by atoms with Gasteiger partial charge in [-0.05, 0) is 38.7 Å². The standard InChI is InChI=1S/C18H28N4O4S/c1-2-3-14-26-17-8-12-22(13-9-17)27(24,25)15-16(21-23)6-4-7-18-19-10-5-11-20-18/h5,10-11,16-17,21,23H,4,6-9,12-15H2,1H3/t16-/m1/s1. The summed E-state index contributed by atoms with van der Waals surface area (Å²) in [4.78, 5) is 8.28. The molecule has 0 amide bonds. The molecule has 9 heteroatoms. The zero-order valence-electron chi connectivity index (χ0n) is 15.7. The highest BCUT2D eigenvalue weighted by atomic mass is 32.2. The second-order valence-corrected chi connectivity index (χ2v) is 8.51. The third kappa shape index (κ3) is 7.52. The molecule has 8 nitrogen and oxygen atoms in total. The van der Waals surface area contributed by atoms with E-state index >= 15 is 0 Å². The van der Waals surface area contributed by atoms with Gasteiger partial charge in [0.2, 0.25) is 10.0 Å². The molecule has 0 radical (unpaired) electrons. The van der Waals surface area contributed by atoms with Gasteiger partial charge in [-0.2, -0.15) is 0 Å². The van der Waals surface area contributed by atoms with Crippen LogP contribution in [0.2, 0.25) is 0 Å². The van der Waals surface area contributed by atoms with Crippen LogP contribution in [0.3, 0.4) is 0 Å². The number of nitrogens with zero attached hydrogens (tertiary/aromatic N) is 3. The van der Waals surface area contributed by atoms with Gasteiger partial charge in [0.25, 0.3) is 0 Å². The Hall–Kier alpha value is -1.57. The number of aryl methyl sites for hydroxylation is 1. The van der Waals surface area contributed by atoms with Gasteiger partial charge in [-0.1, -0.05) is 5.92 Å². The fourth-order valence-electron chi connectivity index (χ4n) is 3.02. The first kappa shape index (κ1) is 21.7. The Morgan fingerprint density at radius 3 is 2.70 bits per heavy atom. The summed E-state index contributed by atoms with van der Waals surface area (Å²) in [6.45, 7) is 3.01. The van der Waals surface area contributed by atoms with Gasteiger partial charge < -0.3 is 9.94 Å². The predicted octanol–water partition coefficient (Wildman–Crippen LogP) is 0.981. The lowest BCUT2D eigenvalue weighted by Crippen LogP contribution is -2.45. The van der Waals surface area contributed by atoms with Gasteiger partial charge in [-0.25, -0.2) is 28.2 Å². The smallest absolute Gasteiger partial charge is 0.215 e. The van der Waals surface area contributed by atoms with Crippen LogP contribution >= 0.6 is 0 Å². The summed E-state index contributed by atoms with van der Waals surface area (Å²) in [5.74, 6) is 6.21. The fourth-order valence-corrected chi connectivity index (χ4v) is 4.75. The molecule has 1 atom stereocenters. The topological polar surface area (TPSA) is 105 Å². The van der Waals surface area contributed by atoms with Crippen LogP contribution in [0.1, 0.15) is 38.4 Å². The third-order valence-corrected chi connectivity index (χ3v) is 6.50. The van der Waals surface area contributed by atoms with Gasteiger partial charge >= 0.3 is 0 Å². The van der Waals surface area contributed by atoms with Crippen molar-refractivity contribution in [3.05, 3.63) is 24.3 Å². The zero-order chi connectivity index (χ0) is 19.5. The van der Waals surface area contributed by atoms with Crippen LogP contribution in [0.4, 0.5) is 0 Å². The van der Waals surface area contributed by atoms with Crippen molar-refractivity contribution in [2.45, 2.75) is 51.2 Å². The molecule has 2 heterocycles. The van der Waals surface area contributed by atoms with Crippen molar-refractivity contribution in [2.75, 3.05) is 25.4 Å². The molecule has 1 aromatic heterocycles. The van der Waals surface area contributed by atoms with E-state index in [-0.39, 0.29) is 11.9 Å². The van der Waals surface area contributed by atoms with Crippen molar-refractivity contribution in [3.63, 3.8) is 0 Å². The molecule has 0 aliphatic carbocycles. The van der Waals surface area contributed by atoms with Gasteiger partial charge in [0.15, 0.2) is 0 Å².